The van der Waals surface area contributed by atoms with Crippen molar-refractivity contribution in [3.05, 3.63) is 21.3 Å². The quantitative estimate of drug-likeness (QED) is 0.782. The lowest BCUT2D eigenvalue weighted by molar-refractivity contribution is -0.136. The van der Waals surface area contributed by atoms with Crippen molar-refractivity contribution in [2.45, 2.75) is 25.7 Å². The number of piperidine rings is 1. The zero-order chi connectivity index (χ0) is 18.1. The molecule has 0 radical (unpaired) electrons. The van der Waals surface area contributed by atoms with Crippen molar-refractivity contribution >= 4 is 47.2 Å². The van der Waals surface area contributed by atoms with Gasteiger partial charge >= 0.3 is 0 Å². The number of hydrogen-bond donors (Lipinski definition) is 1. The van der Waals surface area contributed by atoms with E-state index >= 15 is 0 Å². The summed E-state index contributed by atoms with van der Waals surface area (Å²) >= 11 is 7.26. The first kappa shape index (κ1) is 20.9. The van der Waals surface area contributed by atoms with Crippen LogP contribution in [-0.2, 0) is 4.79 Å². The number of amides is 2. The van der Waals surface area contributed by atoms with Crippen LogP contribution in [0, 0.1) is 17.8 Å². The lowest BCUT2D eigenvalue weighted by Crippen LogP contribution is -2.44. The van der Waals surface area contributed by atoms with Gasteiger partial charge in [0.25, 0.3) is 5.91 Å². The highest BCUT2D eigenvalue weighted by Gasteiger charge is 2.35. The van der Waals surface area contributed by atoms with Crippen LogP contribution < -0.4 is 5.32 Å². The van der Waals surface area contributed by atoms with E-state index in [1.807, 2.05) is 4.90 Å². The van der Waals surface area contributed by atoms with Crippen molar-refractivity contribution in [1.82, 2.24) is 15.1 Å². The van der Waals surface area contributed by atoms with E-state index in [1.165, 1.54) is 11.3 Å². The van der Waals surface area contributed by atoms with Gasteiger partial charge in [0.2, 0.25) is 5.91 Å². The van der Waals surface area contributed by atoms with Gasteiger partial charge in [0.05, 0.1) is 9.21 Å². The maximum atomic E-state index is 13.0. The summed E-state index contributed by atoms with van der Waals surface area (Å²) in [6.07, 6.45) is 3.79. The van der Waals surface area contributed by atoms with E-state index in [0.29, 0.717) is 28.2 Å². The summed E-state index contributed by atoms with van der Waals surface area (Å²) in [4.78, 5) is 30.1. The summed E-state index contributed by atoms with van der Waals surface area (Å²) in [6, 6.07) is 3.55. The number of nitrogens with zero attached hydrogens (tertiary/aromatic N) is 2. The normalized spacial score (nSPS) is 26.3. The van der Waals surface area contributed by atoms with Crippen LogP contribution in [0.2, 0.25) is 4.34 Å². The summed E-state index contributed by atoms with van der Waals surface area (Å²) in [5, 5.41) is 3.48. The molecule has 0 bridgehead atoms. The van der Waals surface area contributed by atoms with Crippen molar-refractivity contribution in [3.8, 4) is 0 Å². The lowest BCUT2D eigenvalue weighted by atomic mass is 9.92. The Hall–Kier alpha value is -0.820. The first-order valence-corrected chi connectivity index (χ1v) is 10.9. The molecule has 8 heteroatoms. The topological polar surface area (TPSA) is 52.7 Å². The first-order chi connectivity index (χ1) is 12.6. The minimum Gasteiger partial charge on any atom is -0.342 e. The SMILES string of the molecule is Cl.O=C(c1ccc(Cl)s1)N1CCC(C(=O)N2CC[C@@H]3CNC[C@@H]3CC2)CC1. The van der Waals surface area contributed by atoms with E-state index in [0.717, 1.165) is 63.7 Å². The average Bonchev–Trinajstić information content (AvgIpc) is 3.25. The number of nitrogens with one attached hydrogen (secondary N) is 1. The molecule has 4 heterocycles. The number of thiophene rings is 1. The summed E-state index contributed by atoms with van der Waals surface area (Å²) in [5.41, 5.74) is 0. The maximum absolute atomic E-state index is 13.0. The van der Waals surface area contributed by atoms with Crippen LogP contribution in [0.4, 0.5) is 0 Å². The van der Waals surface area contributed by atoms with Crippen molar-refractivity contribution in [2.24, 2.45) is 17.8 Å². The fourth-order valence-corrected chi connectivity index (χ4v) is 5.62. The second-order valence-corrected chi connectivity index (χ2v) is 9.47. The van der Waals surface area contributed by atoms with Crippen molar-refractivity contribution in [3.63, 3.8) is 0 Å². The van der Waals surface area contributed by atoms with Crippen molar-refractivity contribution in [2.75, 3.05) is 39.3 Å². The Kier molecular flexibility index (Phi) is 7.06. The van der Waals surface area contributed by atoms with E-state index in [1.54, 1.807) is 12.1 Å². The second kappa shape index (κ2) is 9.12. The van der Waals surface area contributed by atoms with Gasteiger partial charge in [-0.3, -0.25) is 9.59 Å². The Labute approximate surface area is 175 Å². The summed E-state index contributed by atoms with van der Waals surface area (Å²) in [7, 11) is 0. The molecule has 4 rings (SSSR count). The number of hydrogen-bond acceptors (Lipinski definition) is 4. The molecule has 5 nitrogen and oxygen atoms in total. The van der Waals surface area contributed by atoms with Gasteiger partial charge in [0.1, 0.15) is 0 Å². The third-order valence-electron chi connectivity index (χ3n) is 6.25. The van der Waals surface area contributed by atoms with E-state index in [-0.39, 0.29) is 24.2 Å². The Bertz CT molecular complexity index is 662. The molecular formula is C19H27Cl2N3O2S. The van der Waals surface area contributed by atoms with Gasteiger partial charge in [-0.25, -0.2) is 0 Å². The van der Waals surface area contributed by atoms with Crippen LogP contribution in [0.5, 0.6) is 0 Å². The number of rotatable bonds is 2. The van der Waals surface area contributed by atoms with Gasteiger partial charge in [-0.15, -0.1) is 23.7 Å². The van der Waals surface area contributed by atoms with Crippen LogP contribution in [0.3, 0.4) is 0 Å². The molecule has 2 amide bonds. The minimum absolute atomic E-state index is 0. The van der Waals surface area contributed by atoms with Gasteiger partial charge in [-0.2, -0.15) is 0 Å². The van der Waals surface area contributed by atoms with Gasteiger partial charge in [0.15, 0.2) is 0 Å². The molecule has 3 saturated heterocycles. The molecule has 2 atom stereocenters. The maximum Gasteiger partial charge on any atom is 0.263 e. The number of carbonyl (C=O) groups excluding carboxylic acids is 2. The minimum atomic E-state index is 0. The predicted molar refractivity (Wildman–Crippen MR) is 111 cm³/mol. The molecule has 0 spiro atoms. The molecule has 0 saturated carbocycles. The number of halogens is 2. The van der Waals surface area contributed by atoms with Gasteiger partial charge in [0, 0.05) is 32.1 Å². The van der Waals surface area contributed by atoms with Gasteiger partial charge < -0.3 is 15.1 Å². The van der Waals surface area contributed by atoms with E-state index in [2.05, 4.69) is 10.2 Å². The number of likely N-dealkylation sites (tertiary alicyclic amines) is 2. The molecule has 0 aromatic carbocycles. The molecule has 0 unspecified atom stereocenters. The molecular weight excluding hydrogens is 405 g/mol. The van der Waals surface area contributed by atoms with E-state index < -0.39 is 0 Å². The molecule has 1 N–H and O–H groups in total. The van der Waals surface area contributed by atoms with Crippen LogP contribution in [0.25, 0.3) is 0 Å². The van der Waals surface area contributed by atoms with E-state index in [4.69, 9.17) is 11.6 Å². The molecule has 1 aromatic heterocycles. The molecule has 0 aliphatic carbocycles. The third-order valence-corrected chi connectivity index (χ3v) is 7.47. The summed E-state index contributed by atoms with van der Waals surface area (Å²) in [5.74, 6) is 1.91. The van der Waals surface area contributed by atoms with Gasteiger partial charge in [-0.05, 0) is 62.7 Å². The first-order valence-electron chi connectivity index (χ1n) is 9.66. The third kappa shape index (κ3) is 4.61. The average molecular weight is 432 g/mol. The highest BCUT2D eigenvalue weighted by Crippen LogP contribution is 2.30. The summed E-state index contributed by atoms with van der Waals surface area (Å²) < 4.78 is 0.638. The molecule has 3 aliphatic heterocycles. The van der Waals surface area contributed by atoms with Crippen molar-refractivity contribution in [1.29, 1.82) is 0 Å². The molecule has 27 heavy (non-hydrogen) atoms. The fraction of sp³-hybridized carbons (Fsp3) is 0.684. The van der Waals surface area contributed by atoms with Crippen LogP contribution in [0.15, 0.2) is 12.1 Å². The zero-order valence-electron chi connectivity index (χ0n) is 15.4. The molecule has 150 valence electrons. The number of carbonyl (C=O) groups is 2. The molecule has 3 fully saturated rings. The van der Waals surface area contributed by atoms with Crippen LogP contribution in [-0.4, -0.2) is 60.9 Å². The molecule has 1 aromatic rings. The monoisotopic (exact) mass is 431 g/mol. The lowest BCUT2D eigenvalue weighted by Gasteiger charge is -2.34. The zero-order valence-corrected chi connectivity index (χ0v) is 17.8. The predicted octanol–water partition coefficient (Wildman–Crippen LogP) is 3.13. The smallest absolute Gasteiger partial charge is 0.263 e. The van der Waals surface area contributed by atoms with Crippen LogP contribution >= 0.6 is 35.3 Å². The molecule has 3 aliphatic rings. The second-order valence-electron chi connectivity index (χ2n) is 7.75. The highest BCUT2D eigenvalue weighted by molar-refractivity contribution is 7.17. The number of fused-ring (bicyclic) bond motifs is 1. The van der Waals surface area contributed by atoms with Gasteiger partial charge in [-0.1, -0.05) is 11.6 Å². The standard InChI is InChI=1S/C19H26ClN3O2S.ClH/c20-17-2-1-16(26-17)19(25)23-7-3-13(4-8-23)18(24)22-9-5-14-11-21-12-15(14)6-10-22;/h1-2,13-15,21H,3-12H2;1H/t14-,15+;. The Balaban J connectivity index is 0.00000210. The Morgan fingerprint density at radius 1 is 0.963 bits per heavy atom. The summed E-state index contributed by atoms with van der Waals surface area (Å²) in [6.45, 7) is 5.34. The van der Waals surface area contributed by atoms with E-state index in [9.17, 15) is 9.59 Å². The largest absolute Gasteiger partial charge is 0.342 e. The van der Waals surface area contributed by atoms with Crippen molar-refractivity contribution < 1.29 is 9.59 Å². The van der Waals surface area contributed by atoms with Crippen LogP contribution in [0.1, 0.15) is 35.4 Å². The fourth-order valence-electron chi connectivity index (χ4n) is 4.61. The Morgan fingerprint density at radius 3 is 2.11 bits per heavy atom. The highest BCUT2D eigenvalue weighted by atomic mass is 35.5. The Morgan fingerprint density at radius 2 is 1.56 bits per heavy atom.